The van der Waals surface area contributed by atoms with E-state index in [1.807, 2.05) is 0 Å². The predicted octanol–water partition coefficient (Wildman–Crippen LogP) is 2.11. The molecule has 0 radical (unpaired) electrons. The van der Waals surface area contributed by atoms with Crippen molar-refractivity contribution < 1.29 is 13.9 Å². The van der Waals surface area contributed by atoms with Crippen molar-refractivity contribution >= 4 is 17.6 Å². The Hall–Kier alpha value is -0.960. The van der Waals surface area contributed by atoms with Gasteiger partial charge >= 0.3 is 5.97 Å². The molecule has 0 aliphatic carbocycles. The largest absolute Gasteiger partial charge is 0.463 e. The van der Waals surface area contributed by atoms with E-state index < -0.39 is 5.97 Å². The van der Waals surface area contributed by atoms with Gasteiger partial charge in [0.1, 0.15) is 5.76 Å². The molecular formula is C8H9ClO3. The fourth-order valence-electron chi connectivity index (χ4n) is 0.909. The Labute approximate surface area is 75.3 Å². The van der Waals surface area contributed by atoms with Crippen LogP contribution in [0.15, 0.2) is 10.5 Å². The van der Waals surface area contributed by atoms with Gasteiger partial charge in [0.25, 0.3) is 0 Å². The molecule has 0 atom stereocenters. The summed E-state index contributed by atoms with van der Waals surface area (Å²) in [7, 11) is 1.31. The SMILES string of the molecule is COC(=O)c1oc(CCl)cc1C. The van der Waals surface area contributed by atoms with Gasteiger partial charge in [-0.25, -0.2) is 4.79 Å². The summed E-state index contributed by atoms with van der Waals surface area (Å²) in [6.07, 6.45) is 0. The van der Waals surface area contributed by atoms with Gasteiger partial charge in [0.05, 0.1) is 13.0 Å². The van der Waals surface area contributed by atoms with Crippen molar-refractivity contribution in [3.63, 3.8) is 0 Å². The van der Waals surface area contributed by atoms with Crippen LogP contribution in [0.25, 0.3) is 0 Å². The molecule has 0 aliphatic rings. The maximum Gasteiger partial charge on any atom is 0.374 e. The third-order valence-corrected chi connectivity index (χ3v) is 1.73. The summed E-state index contributed by atoms with van der Waals surface area (Å²) in [6.45, 7) is 1.77. The van der Waals surface area contributed by atoms with Crippen LogP contribution in [0.2, 0.25) is 0 Å². The van der Waals surface area contributed by atoms with Gasteiger partial charge in [0, 0.05) is 5.56 Å². The number of methoxy groups -OCH3 is 1. The van der Waals surface area contributed by atoms with Gasteiger partial charge in [-0.1, -0.05) is 0 Å². The second-order valence-corrected chi connectivity index (χ2v) is 2.62. The van der Waals surface area contributed by atoms with Gasteiger partial charge in [-0.3, -0.25) is 0 Å². The highest BCUT2D eigenvalue weighted by molar-refractivity contribution is 6.16. The molecule has 0 saturated carbocycles. The van der Waals surface area contributed by atoms with Crippen LogP contribution in [0.3, 0.4) is 0 Å². The summed E-state index contributed by atoms with van der Waals surface area (Å²) in [4.78, 5) is 11.0. The predicted molar refractivity (Wildman–Crippen MR) is 44.3 cm³/mol. The first-order valence-electron chi connectivity index (χ1n) is 3.42. The van der Waals surface area contributed by atoms with E-state index in [1.54, 1.807) is 13.0 Å². The Balaban J connectivity index is 2.99. The topological polar surface area (TPSA) is 39.4 Å². The van der Waals surface area contributed by atoms with Crippen molar-refractivity contribution in [1.29, 1.82) is 0 Å². The maximum atomic E-state index is 11.0. The Morgan fingerprint density at radius 2 is 2.42 bits per heavy atom. The number of esters is 1. The molecule has 0 aromatic carbocycles. The van der Waals surface area contributed by atoms with Crippen LogP contribution in [0.4, 0.5) is 0 Å². The van der Waals surface area contributed by atoms with Crippen LogP contribution in [0.5, 0.6) is 0 Å². The van der Waals surface area contributed by atoms with E-state index in [0.717, 1.165) is 5.56 Å². The van der Waals surface area contributed by atoms with Crippen LogP contribution in [0.1, 0.15) is 21.9 Å². The molecule has 0 fully saturated rings. The first kappa shape index (κ1) is 9.13. The van der Waals surface area contributed by atoms with Crippen molar-refractivity contribution in [2.45, 2.75) is 12.8 Å². The summed E-state index contributed by atoms with van der Waals surface area (Å²) < 4.78 is 9.61. The molecule has 0 spiro atoms. The summed E-state index contributed by atoms with van der Waals surface area (Å²) in [5, 5.41) is 0. The number of alkyl halides is 1. The summed E-state index contributed by atoms with van der Waals surface area (Å²) >= 11 is 5.51. The molecular weight excluding hydrogens is 180 g/mol. The second-order valence-electron chi connectivity index (χ2n) is 2.35. The number of hydrogen-bond donors (Lipinski definition) is 0. The number of carbonyl (C=O) groups is 1. The van der Waals surface area contributed by atoms with Gasteiger partial charge < -0.3 is 9.15 Å². The average Bonchev–Trinajstić information content (AvgIpc) is 2.45. The number of furan rings is 1. The molecule has 0 unspecified atom stereocenters. The number of halogens is 1. The first-order chi connectivity index (χ1) is 5.69. The average molecular weight is 189 g/mol. The minimum atomic E-state index is -0.469. The smallest absolute Gasteiger partial charge is 0.374 e. The molecule has 0 aliphatic heterocycles. The number of ether oxygens (including phenoxy) is 1. The molecule has 1 heterocycles. The number of aryl methyl sites for hydroxylation is 1. The molecule has 0 N–H and O–H groups in total. The zero-order valence-electron chi connectivity index (χ0n) is 6.89. The number of carbonyl (C=O) groups excluding carboxylic acids is 1. The van der Waals surface area contributed by atoms with E-state index in [0.29, 0.717) is 5.76 Å². The lowest BCUT2D eigenvalue weighted by Crippen LogP contribution is -2.00. The third kappa shape index (κ3) is 1.61. The monoisotopic (exact) mass is 188 g/mol. The first-order valence-corrected chi connectivity index (χ1v) is 3.96. The molecule has 1 aromatic rings. The lowest BCUT2D eigenvalue weighted by Gasteiger charge is -1.94. The Morgan fingerprint density at radius 3 is 2.83 bits per heavy atom. The summed E-state index contributed by atoms with van der Waals surface area (Å²) in [5.74, 6) is 0.601. The van der Waals surface area contributed by atoms with Gasteiger partial charge in [0.15, 0.2) is 0 Å². The third-order valence-electron chi connectivity index (χ3n) is 1.47. The van der Waals surface area contributed by atoms with Gasteiger partial charge in [-0.05, 0) is 13.0 Å². The zero-order chi connectivity index (χ0) is 9.14. The summed E-state index contributed by atoms with van der Waals surface area (Å²) in [6, 6.07) is 1.72. The van der Waals surface area contributed by atoms with Crippen LogP contribution >= 0.6 is 11.6 Å². The second kappa shape index (κ2) is 3.63. The lowest BCUT2D eigenvalue weighted by atomic mass is 10.3. The molecule has 0 saturated heterocycles. The molecule has 0 bridgehead atoms. The standard InChI is InChI=1S/C8H9ClO3/c1-5-3-6(4-9)12-7(5)8(10)11-2/h3H,4H2,1-2H3. The fourth-order valence-corrected chi connectivity index (χ4v) is 1.04. The Morgan fingerprint density at radius 1 is 1.75 bits per heavy atom. The van der Waals surface area contributed by atoms with E-state index in [4.69, 9.17) is 16.0 Å². The molecule has 12 heavy (non-hydrogen) atoms. The molecule has 1 rings (SSSR count). The van der Waals surface area contributed by atoms with Gasteiger partial charge in [0.2, 0.25) is 5.76 Å². The number of rotatable bonds is 2. The number of hydrogen-bond acceptors (Lipinski definition) is 3. The molecule has 66 valence electrons. The quantitative estimate of drug-likeness (QED) is 0.527. The lowest BCUT2D eigenvalue weighted by molar-refractivity contribution is 0.0562. The zero-order valence-corrected chi connectivity index (χ0v) is 7.64. The van der Waals surface area contributed by atoms with Gasteiger partial charge in [-0.15, -0.1) is 11.6 Å². The van der Waals surface area contributed by atoms with E-state index in [2.05, 4.69) is 4.74 Å². The van der Waals surface area contributed by atoms with E-state index in [1.165, 1.54) is 7.11 Å². The molecule has 1 aromatic heterocycles. The van der Waals surface area contributed by atoms with Crippen LogP contribution in [0, 0.1) is 6.92 Å². The highest BCUT2D eigenvalue weighted by Gasteiger charge is 2.15. The van der Waals surface area contributed by atoms with Crippen molar-refractivity contribution in [2.75, 3.05) is 7.11 Å². The minimum absolute atomic E-state index is 0.230. The van der Waals surface area contributed by atoms with E-state index in [-0.39, 0.29) is 11.6 Å². The van der Waals surface area contributed by atoms with Crippen LogP contribution < -0.4 is 0 Å². The Bertz CT molecular complexity index is 290. The fraction of sp³-hybridized carbons (Fsp3) is 0.375. The highest BCUT2D eigenvalue weighted by Crippen LogP contribution is 2.16. The van der Waals surface area contributed by atoms with E-state index in [9.17, 15) is 4.79 Å². The summed E-state index contributed by atoms with van der Waals surface area (Å²) in [5.41, 5.74) is 0.748. The van der Waals surface area contributed by atoms with Crippen LogP contribution in [-0.2, 0) is 10.6 Å². The van der Waals surface area contributed by atoms with Crippen LogP contribution in [-0.4, -0.2) is 13.1 Å². The molecule has 0 amide bonds. The van der Waals surface area contributed by atoms with Crippen molar-refractivity contribution in [3.8, 4) is 0 Å². The van der Waals surface area contributed by atoms with E-state index >= 15 is 0 Å². The highest BCUT2D eigenvalue weighted by atomic mass is 35.5. The van der Waals surface area contributed by atoms with Crippen molar-refractivity contribution in [2.24, 2.45) is 0 Å². The van der Waals surface area contributed by atoms with Crippen molar-refractivity contribution in [1.82, 2.24) is 0 Å². The maximum absolute atomic E-state index is 11.0. The molecule has 3 nitrogen and oxygen atoms in total. The van der Waals surface area contributed by atoms with Gasteiger partial charge in [-0.2, -0.15) is 0 Å². The molecule has 4 heteroatoms. The van der Waals surface area contributed by atoms with Crippen molar-refractivity contribution in [3.05, 3.63) is 23.2 Å². The Kier molecular flexibility index (Phi) is 2.76. The minimum Gasteiger partial charge on any atom is -0.463 e. The normalized spacial score (nSPS) is 9.92.